The van der Waals surface area contributed by atoms with Crippen LogP contribution < -0.4 is 4.90 Å². The summed E-state index contributed by atoms with van der Waals surface area (Å²) in [5.41, 5.74) is -0.513. The van der Waals surface area contributed by atoms with Crippen LogP contribution in [0.2, 0.25) is 0 Å². The maximum absolute atomic E-state index is 14.5. The molecular weight excluding hydrogens is 519 g/mol. The first-order valence-corrected chi connectivity index (χ1v) is 10.6. The molecule has 3 rings (SSSR count). The largest absolute Gasteiger partial charge is 0.443 e. The van der Waals surface area contributed by atoms with E-state index in [0.29, 0.717) is 35.1 Å². The van der Waals surface area contributed by atoms with Crippen LogP contribution in [0.5, 0.6) is 0 Å². The number of anilines is 1. The molecule has 0 radical (unpaired) electrons. The normalized spacial score (nSPS) is 16.1. The Kier molecular flexibility index (Phi) is 6.57. The van der Waals surface area contributed by atoms with Crippen LogP contribution in [-0.4, -0.2) is 41.7 Å². The van der Waals surface area contributed by atoms with Crippen LogP contribution >= 0.6 is 22.6 Å². The van der Waals surface area contributed by atoms with Crippen molar-refractivity contribution in [3.63, 3.8) is 0 Å². The Morgan fingerprint density at radius 2 is 1.87 bits per heavy atom. The second kappa shape index (κ2) is 8.52. The zero-order chi connectivity index (χ0) is 22.3. The van der Waals surface area contributed by atoms with Crippen LogP contribution in [0.4, 0.5) is 28.0 Å². The zero-order valence-electron chi connectivity index (χ0n) is 16.9. The lowest BCUT2D eigenvalue weighted by molar-refractivity contribution is -0.140. The smallest absolute Gasteiger partial charge is 0.415 e. The highest BCUT2D eigenvalue weighted by Crippen LogP contribution is 2.36. The monoisotopic (exact) mass is 542 g/mol. The van der Waals surface area contributed by atoms with Crippen molar-refractivity contribution in [3.8, 4) is 0 Å². The molecule has 1 saturated heterocycles. The molecule has 0 atom stereocenters. The average molecular weight is 542 g/mol. The van der Waals surface area contributed by atoms with Gasteiger partial charge in [-0.25, -0.2) is 9.18 Å². The minimum absolute atomic E-state index is 0.0762. The zero-order valence-corrected chi connectivity index (χ0v) is 19.0. The van der Waals surface area contributed by atoms with Crippen molar-refractivity contribution in [2.75, 3.05) is 18.1 Å². The van der Waals surface area contributed by atoms with E-state index in [1.807, 2.05) is 0 Å². The van der Waals surface area contributed by atoms with Crippen molar-refractivity contribution in [1.82, 2.24) is 4.57 Å². The predicted octanol–water partition coefficient (Wildman–Crippen LogP) is 5.87. The summed E-state index contributed by atoms with van der Waals surface area (Å²) in [5.74, 6) is -0.726. The fraction of sp³-hybridized carbons (Fsp3) is 0.550. The van der Waals surface area contributed by atoms with Crippen LogP contribution in [0.15, 0.2) is 18.2 Å². The Morgan fingerprint density at radius 3 is 2.43 bits per heavy atom. The van der Waals surface area contributed by atoms with Crippen LogP contribution in [0, 0.1) is 9.52 Å². The van der Waals surface area contributed by atoms with Crippen LogP contribution in [0.3, 0.4) is 0 Å². The number of hydrogen-bond donors (Lipinski definition) is 0. The Labute approximate surface area is 185 Å². The van der Waals surface area contributed by atoms with E-state index < -0.39 is 30.2 Å². The standard InChI is InChI=1S/C20H23F4IN2O3/c1-19(2,3)30-18(28)27(13-4-6-29-7-5-13)16-9-12(21)8-15-14(16)10-17(25)26(15)11-20(22,23)24/h8-10,13H,4-7,11H2,1-3H3. The number of fused-ring (bicyclic) bond motifs is 1. The van der Waals surface area contributed by atoms with Gasteiger partial charge in [0.1, 0.15) is 18.0 Å². The molecule has 30 heavy (non-hydrogen) atoms. The quantitative estimate of drug-likeness (QED) is 0.360. The lowest BCUT2D eigenvalue weighted by Gasteiger charge is -2.36. The van der Waals surface area contributed by atoms with Crippen LogP contribution in [0.25, 0.3) is 10.9 Å². The maximum atomic E-state index is 14.5. The molecule has 0 spiro atoms. The molecule has 0 N–H and O–H groups in total. The van der Waals surface area contributed by atoms with Crippen molar-refractivity contribution in [2.24, 2.45) is 0 Å². The Hall–Kier alpha value is -1.56. The van der Waals surface area contributed by atoms with Crippen LogP contribution in [-0.2, 0) is 16.0 Å². The summed E-state index contributed by atoms with van der Waals surface area (Å²) in [7, 11) is 0. The number of aromatic nitrogens is 1. The molecule has 0 saturated carbocycles. The number of nitrogens with zero attached hydrogens (tertiary/aromatic N) is 2. The summed E-state index contributed by atoms with van der Waals surface area (Å²) in [5, 5.41) is 0.363. The first-order chi connectivity index (χ1) is 13.9. The molecule has 166 valence electrons. The Bertz CT molecular complexity index is 931. The van der Waals surface area contributed by atoms with Gasteiger partial charge in [0.25, 0.3) is 0 Å². The fourth-order valence-corrected chi connectivity index (χ4v) is 4.25. The van der Waals surface area contributed by atoms with E-state index in [0.717, 1.165) is 10.6 Å². The fourth-order valence-electron chi connectivity index (χ4n) is 3.51. The minimum Gasteiger partial charge on any atom is -0.443 e. The molecular formula is C20H23F4IN2O3. The third-order valence-electron chi connectivity index (χ3n) is 4.66. The summed E-state index contributed by atoms with van der Waals surface area (Å²) in [6.45, 7) is 4.76. The predicted molar refractivity (Wildman–Crippen MR) is 113 cm³/mol. The number of alkyl halides is 3. The van der Waals surface area contributed by atoms with Crippen LogP contribution in [0.1, 0.15) is 33.6 Å². The first kappa shape index (κ1) is 23.1. The van der Waals surface area contributed by atoms with Gasteiger partial charge in [0.15, 0.2) is 0 Å². The van der Waals surface area contributed by atoms with E-state index in [1.54, 1.807) is 43.4 Å². The molecule has 10 heteroatoms. The maximum Gasteiger partial charge on any atom is 0.415 e. The van der Waals surface area contributed by atoms with Crippen molar-refractivity contribution in [3.05, 3.63) is 27.7 Å². The molecule has 2 heterocycles. The topological polar surface area (TPSA) is 43.7 Å². The van der Waals surface area contributed by atoms with E-state index >= 15 is 0 Å². The van der Waals surface area contributed by atoms with Gasteiger partial charge in [-0.15, -0.1) is 0 Å². The summed E-state index contributed by atoms with van der Waals surface area (Å²) in [6, 6.07) is 3.45. The third kappa shape index (κ3) is 5.37. The van der Waals surface area contributed by atoms with E-state index in [9.17, 15) is 22.4 Å². The molecule has 1 aliphatic rings. The number of ether oxygens (including phenoxy) is 2. The Balaban J connectivity index is 2.16. The summed E-state index contributed by atoms with van der Waals surface area (Å²) < 4.78 is 66.0. The van der Waals surface area contributed by atoms with Gasteiger partial charge < -0.3 is 14.0 Å². The van der Waals surface area contributed by atoms with Gasteiger partial charge in [-0.1, -0.05) is 0 Å². The summed E-state index contributed by atoms with van der Waals surface area (Å²) >= 11 is 1.79. The lowest BCUT2D eigenvalue weighted by atomic mass is 10.1. The summed E-state index contributed by atoms with van der Waals surface area (Å²) in [6.07, 6.45) is -4.11. The van der Waals surface area contributed by atoms with Gasteiger partial charge >= 0.3 is 12.3 Å². The average Bonchev–Trinajstić information content (AvgIpc) is 2.89. The number of hydrogen-bond acceptors (Lipinski definition) is 3. The van der Waals surface area contributed by atoms with E-state index in [1.165, 1.54) is 17.0 Å². The highest BCUT2D eigenvalue weighted by Gasteiger charge is 2.34. The highest BCUT2D eigenvalue weighted by molar-refractivity contribution is 14.1. The van der Waals surface area contributed by atoms with Gasteiger partial charge in [0.2, 0.25) is 0 Å². The Morgan fingerprint density at radius 1 is 1.23 bits per heavy atom. The number of benzene rings is 1. The minimum atomic E-state index is -4.47. The van der Waals surface area contributed by atoms with Gasteiger partial charge in [0, 0.05) is 24.6 Å². The van der Waals surface area contributed by atoms with E-state index in [4.69, 9.17) is 9.47 Å². The number of carbonyl (C=O) groups excluding carboxylic acids is 1. The molecule has 1 aromatic heterocycles. The summed E-state index contributed by atoms with van der Waals surface area (Å²) in [4.78, 5) is 14.5. The second-order valence-corrected chi connectivity index (χ2v) is 9.33. The SMILES string of the molecule is CC(C)(C)OC(=O)N(c1cc(F)cc2c1cc(I)n2CC(F)(F)F)C1CCOCC1. The van der Waals surface area contributed by atoms with E-state index in [2.05, 4.69) is 0 Å². The van der Waals surface area contributed by atoms with Crippen molar-refractivity contribution >= 4 is 45.3 Å². The molecule has 2 aromatic rings. The number of carbonyl (C=O) groups is 1. The number of halogens is 5. The first-order valence-electron chi connectivity index (χ1n) is 9.51. The molecule has 1 amide bonds. The second-order valence-electron chi connectivity index (χ2n) is 8.22. The van der Waals surface area contributed by atoms with E-state index in [-0.39, 0.29) is 17.2 Å². The van der Waals surface area contributed by atoms with Gasteiger partial charge in [0.05, 0.1) is 14.9 Å². The van der Waals surface area contributed by atoms with Gasteiger partial charge in [-0.2, -0.15) is 13.2 Å². The van der Waals surface area contributed by atoms with Gasteiger partial charge in [-0.05, 0) is 74.4 Å². The highest BCUT2D eigenvalue weighted by atomic mass is 127. The molecule has 0 unspecified atom stereocenters. The molecule has 1 aromatic carbocycles. The van der Waals surface area contributed by atoms with Crippen molar-refractivity contribution in [1.29, 1.82) is 0 Å². The van der Waals surface area contributed by atoms with Gasteiger partial charge in [-0.3, -0.25) is 4.90 Å². The van der Waals surface area contributed by atoms with Crippen molar-refractivity contribution in [2.45, 2.75) is 58.0 Å². The molecule has 5 nitrogen and oxygen atoms in total. The molecule has 1 aliphatic heterocycles. The number of rotatable bonds is 3. The lowest BCUT2D eigenvalue weighted by Crippen LogP contribution is -2.46. The number of amides is 1. The van der Waals surface area contributed by atoms with Crippen molar-refractivity contribution < 1.29 is 31.8 Å². The molecule has 0 aliphatic carbocycles. The third-order valence-corrected chi connectivity index (χ3v) is 5.55. The molecule has 1 fully saturated rings. The molecule has 0 bridgehead atoms.